The van der Waals surface area contributed by atoms with E-state index in [1.165, 1.54) is 24.4 Å². The number of anilines is 5. The minimum absolute atomic E-state index is 0.102. The largest absolute Gasteiger partial charge is 0.483 e. The number of nitrogens with one attached hydrogen (secondary N) is 3. The van der Waals surface area contributed by atoms with E-state index in [0.717, 1.165) is 17.3 Å². The molecule has 9 nitrogen and oxygen atoms in total. The lowest BCUT2D eigenvalue weighted by molar-refractivity contribution is -0.153. The van der Waals surface area contributed by atoms with Gasteiger partial charge in [-0.25, -0.2) is 18.5 Å². The first-order valence-electron chi connectivity index (χ1n) is 9.47. The second-order valence-electron chi connectivity index (χ2n) is 6.88. The number of rotatable bonds is 8. The van der Waals surface area contributed by atoms with Gasteiger partial charge in [0.25, 0.3) is 0 Å². The Balaban J connectivity index is 1.89. The predicted molar refractivity (Wildman–Crippen MR) is 119 cm³/mol. The number of aromatic nitrogens is 2. The van der Waals surface area contributed by atoms with Crippen LogP contribution in [0.25, 0.3) is 0 Å². The third-order valence-electron chi connectivity index (χ3n) is 4.34. The number of nitrogens with zero attached hydrogens (tertiary/aromatic N) is 2. The van der Waals surface area contributed by atoms with Gasteiger partial charge in [0, 0.05) is 24.6 Å². The van der Waals surface area contributed by atoms with Gasteiger partial charge in [-0.15, -0.1) is 0 Å². The van der Waals surface area contributed by atoms with Crippen molar-refractivity contribution in [2.45, 2.75) is 18.0 Å². The zero-order chi connectivity index (χ0) is 24.2. The van der Waals surface area contributed by atoms with Crippen LogP contribution in [0.1, 0.15) is 5.56 Å². The third kappa shape index (κ3) is 6.46. The van der Waals surface area contributed by atoms with Crippen molar-refractivity contribution in [2.24, 2.45) is 5.14 Å². The Kier molecular flexibility index (Phi) is 6.93. The van der Waals surface area contributed by atoms with Gasteiger partial charge >= 0.3 is 6.18 Å². The molecular weight excluding hydrogens is 461 g/mol. The van der Waals surface area contributed by atoms with Gasteiger partial charge < -0.3 is 20.7 Å². The van der Waals surface area contributed by atoms with Crippen molar-refractivity contribution < 1.29 is 26.3 Å². The predicted octanol–water partition coefficient (Wildman–Crippen LogP) is 3.90. The number of sulfonamides is 1. The molecule has 0 aliphatic heterocycles. The van der Waals surface area contributed by atoms with E-state index in [1.807, 2.05) is 25.1 Å². The molecule has 3 rings (SSSR count). The van der Waals surface area contributed by atoms with E-state index in [9.17, 15) is 21.6 Å². The lowest BCUT2D eigenvalue weighted by atomic mass is 10.2. The summed E-state index contributed by atoms with van der Waals surface area (Å²) in [5.74, 6) is -0.162. The number of primary sulfonamides is 1. The van der Waals surface area contributed by atoms with Crippen LogP contribution in [0.15, 0.2) is 53.6 Å². The van der Waals surface area contributed by atoms with E-state index in [4.69, 9.17) is 5.14 Å². The number of benzene rings is 2. The van der Waals surface area contributed by atoms with E-state index in [0.29, 0.717) is 5.69 Å². The van der Waals surface area contributed by atoms with Crippen LogP contribution in [0.5, 0.6) is 5.75 Å². The molecule has 0 fully saturated rings. The molecular formula is C20H21F3N6O3S. The number of nitrogens with two attached hydrogens (primary N) is 1. The maximum atomic E-state index is 12.6. The Morgan fingerprint density at radius 2 is 1.85 bits per heavy atom. The number of halogens is 3. The van der Waals surface area contributed by atoms with Crippen molar-refractivity contribution in [3.8, 4) is 5.75 Å². The second kappa shape index (κ2) is 9.50. The Morgan fingerprint density at radius 1 is 1.09 bits per heavy atom. The van der Waals surface area contributed by atoms with Gasteiger partial charge in [0.05, 0.1) is 5.69 Å². The maximum absolute atomic E-state index is 12.6. The number of alkyl halides is 3. The summed E-state index contributed by atoms with van der Waals surface area (Å²) in [7, 11) is -2.65. The van der Waals surface area contributed by atoms with Crippen molar-refractivity contribution >= 4 is 38.9 Å². The summed E-state index contributed by atoms with van der Waals surface area (Å²) in [6.07, 6.45) is -3.24. The Morgan fingerprint density at radius 3 is 2.52 bits per heavy atom. The molecule has 1 aromatic heterocycles. The highest BCUT2D eigenvalue weighted by Crippen LogP contribution is 2.33. The Labute approximate surface area is 188 Å². The fraction of sp³-hybridized carbons (Fsp3) is 0.200. The van der Waals surface area contributed by atoms with Crippen LogP contribution in [0.4, 0.5) is 42.0 Å². The number of hydrogen-bond donors (Lipinski definition) is 4. The average molecular weight is 482 g/mol. The standard InChI is InChI=1S/C20H21F3N6O3S/c1-12-6-7-13(10-15(12)25-2)27-19-26-9-8-17(29-19)28-14-4-3-5-16(18(14)33(24,30)31)32-11-20(21,22)23/h3-10,25H,11H2,1-2H3,(H2,24,30,31)(H2,26,27,28,29). The van der Waals surface area contributed by atoms with Crippen molar-refractivity contribution in [3.05, 3.63) is 54.2 Å². The summed E-state index contributed by atoms with van der Waals surface area (Å²) >= 11 is 0. The lowest BCUT2D eigenvalue weighted by Gasteiger charge is -2.16. The molecule has 0 aliphatic carbocycles. The average Bonchev–Trinajstić information content (AvgIpc) is 2.72. The van der Waals surface area contributed by atoms with Crippen molar-refractivity contribution in [2.75, 3.05) is 29.6 Å². The van der Waals surface area contributed by atoms with Crippen LogP contribution < -0.4 is 25.8 Å². The summed E-state index contributed by atoms with van der Waals surface area (Å²) < 4.78 is 66.6. The van der Waals surface area contributed by atoms with E-state index in [2.05, 4.69) is 30.7 Å². The zero-order valence-electron chi connectivity index (χ0n) is 17.6. The molecule has 0 spiro atoms. The van der Waals surface area contributed by atoms with E-state index in [1.54, 1.807) is 7.05 Å². The summed E-state index contributed by atoms with van der Waals surface area (Å²) in [5.41, 5.74) is 2.55. The maximum Gasteiger partial charge on any atom is 0.422 e. The minimum atomic E-state index is -4.66. The summed E-state index contributed by atoms with van der Waals surface area (Å²) in [6.45, 7) is 0.276. The molecule has 0 saturated carbocycles. The van der Waals surface area contributed by atoms with Crippen LogP contribution in [-0.4, -0.2) is 38.2 Å². The molecule has 0 aliphatic rings. The monoisotopic (exact) mass is 482 g/mol. The van der Waals surface area contributed by atoms with Crippen molar-refractivity contribution in [1.82, 2.24) is 9.97 Å². The molecule has 13 heteroatoms. The Bertz CT molecular complexity index is 1250. The van der Waals surface area contributed by atoms with Gasteiger partial charge in [0.1, 0.15) is 16.5 Å². The molecule has 0 bridgehead atoms. The summed E-state index contributed by atoms with van der Waals surface area (Å²) in [4.78, 5) is 7.77. The fourth-order valence-corrected chi connectivity index (χ4v) is 3.74. The minimum Gasteiger partial charge on any atom is -0.483 e. The molecule has 0 amide bonds. The topological polar surface area (TPSA) is 131 Å². The highest BCUT2D eigenvalue weighted by molar-refractivity contribution is 7.89. The highest BCUT2D eigenvalue weighted by Gasteiger charge is 2.30. The molecule has 0 atom stereocenters. The van der Waals surface area contributed by atoms with Crippen LogP contribution in [0.2, 0.25) is 0 Å². The third-order valence-corrected chi connectivity index (χ3v) is 5.33. The van der Waals surface area contributed by atoms with Crippen molar-refractivity contribution in [3.63, 3.8) is 0 Å². The smallest absolute Gasteiger partial charge is 0.422 e. The molecule has 2 aromatic carbocycles. The van der Waals surface area contributed by atoms with Gasteiger partial charge in [-0.1, -0.05) is 12.1 Å². The molecule has 176 valence electrons. The van der Waals surface area contributed by atoms with Crippen LogP contribution >= 0.6 is 0 Å². The lowest BCUT2D eigenvalue weighted by Crippen LogP contribution is -2.22. The Hall–Kier alpha value is -3.58. The SMILES string of the molecule is CNc1cc(Nc2nccc(Nc3cccc(OCC(F)(F)F)c3S(N)(=O)=O)n2)ccc1C. The second-order valence-corrected chi connectivity index (χ2v) is 8.38. The van der Waals surface area contributed by atoms with E-state index < -0.39 is 33.5 Å². The molecule has 5 N–H and O–H groups in total. The van der Waals surface area contributed by atoms with Gasteiger partial charge in [-0.2, -0.15) is 18.2 Å². The number of aryl methyl sites for hydroxylation is 1. The molecule has 3 aromatic rings. The zero-order valence-corrected chi connectivity index (χ0v) is 18.4. The fourth-order valence-electron chi connectivity index (χ4n) is 2.91. The first-order valence-corrected chi connectivity index (χ1v) is 11.0. The number of hydrogen-bond acceptors (Lipinski definition) is 8. The summed E-state index contributed by atoms with van der Waals surface area (Å²) in [5, 5.41) is 14.1. The van der Waals surface area contributed by atoms with Gasteiger partial charge in [-0.3, -0.25) is 0 Å². The van der Waals surface area contributed by atoms with Crippen LogP contribution in [0.3, 0.4) is 0 Å². The molecule has 33 heavy (non-hydrogen) atoms. The number of ether oxygens (including phenoxy) is 1. The normalized spacial score (nSPS) is 11.7. The molecule has 0 saturated heterocycles. The van der Waals surface area contributed by atoms with Crippen molar-refractivity contribution in [1.29, 1.82) is 0 Å². The van der Waals surface area contributed by atoms with Gasteiger partial charge in [0.15, 0.2) is 6.61 Å². The summed E-state index contributed by atoms with van der Waals surface area (Å²) in [6, 6.07) is 10.8. The van der Waals surface area contributed by atoms with E-state index in [-0.39, 0.29) is 17.5 Å². The van der Waals surface area contributed by atoms with Gasteiger partial charge in [0.2, 0.25) is 16.0 Å². The van der Waals surface area contributed by atoms with Crippen LogP contribution in [0, 0.1) is 6.92 Å². The first kappa shape index (κ1) is 24.1. The quantitative estimate of drug-likeness (QED) is 0.380. The molecule has 0 radical (unpaired) electrons. The molecule has 1 heterocycles. The van der Waals surface area contributed by atoms with E-state index >= 15 is 0 Å². The van der Waals surface area contributed by atoms with Crippen LogP contribution in [-0.2, 0) is 10.0 Å². The molecule has 0 unspecified atom stereocenters. The highest BCUT2D eigenvalue weighted by atomic mass is 32.2. The van der Waals surface area contributed by atoms with Gasteiger partial charge in [-0.05, 0) is 42.8 Å². The first-order chi connectivity index (χ1) is 15.5.